The first kappa shape index (κ1) is 25.5. The van der Waals surface area contributed by atoms with Gasteiger partial charge in [-0.05, 0) is 43.5 Å². The predicted molar refractivity (Wildman–Crippen MR) is 139 cm³/mol. The van der Waals surface area contributed by atoms with Crippen LogP contribution in [0.4, 0.5) is 15.9 Å². The number of ether oxygens (including phenoxy) is 3. The molecule has 0 atom stereocenters. The summed E-state index contributed by atoms with van der Waals surface area (Å²) in [6, 6.07) is 8.13. The maximum atomic E-state index is 13.6. The van der Waals surface area contributed by atoms with Gasteiger partial charge in [-0.3, -0.25) is 4.79 Å². The summed E-state index contributed by atoms with van der Waals surface area (Å²) >= 11 is 5.95. The minimum Gasteiger partial charge on any atom is -0.490 e. The SMILES string of the molecule is O=C1CCCCN1CCCOc1cc2ncnc(Nc3ccc(F)c(Cl)c3)c2cc1OC1CCOCC1. The van der Waals surface area contributed by atoms with Crippen LogP contribution in [-0.2, 0) is 9.53 Å². The Hall–Kier alpha value is -3.17. The van der Waals surface area contributed by atoms with E-state index in [1.807, 2.05) is 17.0 Å². The van der Waals surface area contributed by atoms with Gasteiger partial charge in [-0.1, -0.05) is 11.6 Å². The third-order valence-electron chi connectivity index (χ3n) is 6.60. The lowest BCUT2D eigenvalue weighted by Gasteiger charge is -2.27. The molecule has 10 heteroatoms. The van der Waals surface area contributed by atoms with Gasteiger partial charge in [0.1, 0.15) is 24.1 Å². The van der Waals surface area contributed by atoms with Gasteiger partial charge in [0.15, 0.2) is 11.5 Å². The first-order valence-electron chi connectivity index (χ1n) is 12.7. The summed E-state index contributed by atoms with van der Waals surface area (Å²) in [4.78, 5) is 22.8. The highest BCUT2D eigenvalue weighted by Crippen LogP contribution is 2.37. The predicted octanol–water partition coefficient (Wildman–Crippen LogP) is 5.51. The van der Waals surface area contributed by atoms with Crippen LogP contribution in [0.5, 0.6) is 11.5 Å². The molecule has 0 unspecified atom stereocenters. The molecule has 2 fully saturated rings. The Labute approximate surface area is 220 Å². The van der Waals surface area contributed by atoms with Gasteiger partial charge in [0, 0.05) is 49.5 Å². The van der Waals surface area contributed by atoms with E-state index in [0.29, 0.717) is 61.3 Å². The number of rotatable bonds is 9. The zero-order valence-corrected chi connectivity index (χ0v) is 21.3. The van der Waals surface area contributed by atoms with Gasteiger partial charge in [-0.25, -0.2) is 14.4 Å². The Bertz CT molecular complexity index is 1250. The monoisotopic (exact) mass is 528 g/mol. The molecule has 3 aromatic rings. The fourth-order valence-electron chi connectivity index (χ4n) is 4.59. The zero-order valence-electron chi connectivity index (χ0n) is 20.6. The Balaban J connectivity index is 1.37. The summed E-state index contributed by atoms with van der Waals surface area (Å²) in [5, 5.41) is 3.96. The van der Waals surface area contributed by atoms with Crippen LogP contribution in [0.1, 0.15) is 38.5 Å². The van der Waals surface area contributed by atoms with Crippen LogP contribution in [0.15, 0.2) is 36.7 Å². The molecule has 5 rings (SSSR count). The molecule has 1 aromatic heterocycles. The van der Waals surface area contributed by atoms with Crippen molar-refractivity contribution >= 4 is 39.9 Å². The van der Waals surface area contributed by atoms with Crippen LogP contribution in [0, 0.1) is 5.82 Å². The lowest BCUT2D eigenvalue weighted by molar-refractivity contribution is -0.133. The molecule has 0 radical (unpaired) electrons. The third-order valence-corrected chi connectivity index (χ3v) is 6.89. The molecule has 196 valence electrons. The summed E-state index contributed by atoms with van der Waals surface area (Å²) < 4.78 is 31.6. The minimum atomic E-state index is -0.488. The second kappa shape index (κ2) is 11.9. The smallest absolute Gasteiger partial charge is 0.222 e. The quantitative estimate of drug-likeness (QED) is 0.367. The molecular formula is C27H30ClFN4O4. The number of aromatic nitrogens is 2. The molecule has 0 saturated carbocycles. The van der Waals surface area contributed by atoms with Crippen LogP contribution in [0.25, 0.3) is 10.9 Å². The molecule has 0 spiro atoms. The van der Waals surface area contributed by atoms with Crippen molar-refractivity contribution in [3.63, 3.8) is 0 Å². The van der Waals surface area contributed by atoms with E-state index in [1.54, 1.807) is 6.07 Å². The molecule has 2 aliphatic heterocycles. The van der Waals surface area contributed by atoms with Crippen molar-refractivity contribution in [2.75, 3.05) is 38.2 Å². The van der Waals surface area contributed by atoms with E-state index in [-0.39, 0.29) is 17.0 Å². The summed E-state index contributed by atoms with van der Waals surface area (Å²) in [5.74, 6) is 1.47. The molecule has 0 bridgehead atoms. The number of hydrogen-bond acceptors (Lipinski definition) is 7. The number of nitrogens with one attached hydrogen (secondary N) is 1. The van der Waals surface area contributed by atoms with Crippen LogP contribution < -0.4 is 14.8 Å². The number of piperidine rings is 1. The molecule has 1 N–H and O–H groups in total. The summed E-state index contributed by atoms with van der Waals surface area (Å²) in [7, 11) is 0. The van der Waals surface area contributed by atoms with Gasteiger partial charge in [-0.15, -0.1) is 0 Å². The maximum Gasteiger partial charge on any atom is 0.222 e. The van der Waals surface area contributed by atoms with Gasteiger partial charge >= 0.3 is 0 Å². The normalized spacial score (nSPS) is 16.7. The van der Waals surface area contributed by atoms with E-state index in [0.717, 1.165) is 44.0 Å². The van der Waals surface area contributed by atoms with Crippen molar-refractivity contribution in [2.24, 2.45) is 0 Å². The van der Waals surface area contributed by atoms with Crippen LogP contribution in [0.2, 0.25) is 5.02 Å². The van der Waals surface area contributed by atoms with Crippen molar-refractivity contribution in [3.8, 4) is 11.5 Å². The van der Waals surface area contributed by atoms with Gasteiger partial charge < -0.3 is 24.4 Å². The number of amides is 1. The molecular weight excluding hydrogens is 499 g/mol. The van der Waals surface area contributed by atoms with E-state index in [1.165, 1.54) is 18.5 Å². The number of anilines is 2. The molecule has 2 aromatic carbocycles. The zero-order chi connectivity index (χ0) is 25.6. The highest BCUT2D eigenvalue weighted by atomic mass is 35.5. The Morgan fingerprint density at radius 2 is 2.00 bits per heavy atom. The van der Waals surface area contributed by atoms with E-state index < -0.39 is 5.82 Å². The third kappa shape index (κ3) is 6.40. The van der Waals surface area contributed by atoms with Crippen LogP contribution >= 0.6 is 11.6 Å². The first-order valence-corrected chi connectivity index (χ1v) is 13.1. The highest BCUT2D eigenvalue weighted by Gasteiger charge is 2.21. The van der Waals surface area contributed by atoms with Crippen LogP contribution in [0.3, 0.4) is 0 Å². The average Bonchev–Trinajstić information content (AvgIpc) is 2.91. The van der Waals surface area contributed by atoms with Crippen molar-refractivity contribution in [2.45, 2.75) is 44.6 Å². The number of halogens is 2. The van der Waals surface area contributed by atoms with Crippen molar-refractivity contribution < 1.29 is 23.4 Å². The Morgan fingerprint density at radius 3 is 2.81 bits per heavy atom. The maximum absolute atomic E-state index is 13.6. The highest BCUT2D eigenvalue weighted by molar-refractivity contribution is 6.31. The fraction of sp³-hybridized carbons (Fsp3) is 0.444. The van der Waals surface area contributed by atoms with E-state index >= 15 is 0 Å². The van der Waals surface area contributed by atoms with Gasteiger partial charge in [0.25, 0.3) is 0 Å². The van der Waals surface area contributed by atoms with Gasteiger partial charge in [-0.2, -0.15) is 0 Å². The molecule has 0 aliphatic carbocycles. The lowest BCUT2D eigenvalue weighted by Crippen LogP contribution is -2.36. The average molecular weight is 529 g/mol. The lowest BCUT2D eigenvalue weighted by atomic mass is 10.1. The van der Waals surface area contributed by atoms with E-state index in [9.17, 15) is 9.18 Å². The number of likely N-dealkylation sites (tertiary alicyclic amines) is 1. The summed E-state index contributed by atoms with van der Waals surface area (Å²) in [6.45, 7) is 3.25. The number of carbonyl (C=O) groups is 1. The number of fused-ring (bicyclic) bond motifs is 1. The van der Waals surface area contributed by atoms with E-state index in [4.69, 9.17) is 25.8 Å². The second-order valence-corrected chi connectivity index (χ2v) is 9.67. The van der Waals surface area contributed by atoms with Crippen molar-refractivity contribution in [3.05, 3.63) is 47.5 Å². The van der Waals surface area contributed by atoms with Crippen molar-refractivity contribution in [1.29, 1.82) is 0 Å². The number of nitrogens with zero attached hydrogens (tertiary/aromatic N) is 3. The van der Waals surface area contributed by atoms with Crippen molar-refractivity contribution in [1.82, 2.24) is 14.9 Å². The topological polar surface area (TPSA) is 85.8 Å². The molecule has 37 heavy (non-hydrogen) atoms. The summed E-state index contributed by atoms with van der Waals surface area (Å²) in [5.41, 5.74) is 1.28. The minimum absolute atomic E-state index is 0.0106. The largest absolute Gasteiger partial charge is 0.490 e. The molecule has 2 saturated heterocycles. The standard InChI is InChI=1S/C27H30ClFN4O4/c28-21-14-18(5-6-22(21)29)32-27-20-15-25(37-19-7-12-35-13-8-19)24(16-23(20)30-17-31-27)36-11-3-10-33-9-2-1-4-26(33)34/h5-6,14-17,19H,1-4,7-13H2,(H,30,31,32). The molecule has 8 nitrogen and oxygen atoms in total. The van der Waals surface area contributed by atoms with Gasteiger partial charge in [0.2, 0.25) is 5.91 Å². The molecule has 3 heterocycles. The number of hydrogen-bond donors (Lipinski definition) is 1. The fourth-order valence-corrected chi connectivity index (χ4v) is 4.77. The van der Waals surface area contributed by atoms with E-state index in [2.05, 4.69) is 15.3 Å². The molecule has 1 amide bonds. The first-order chi connectivity index (χ1) is 18.1. The number of benzene rings is 2. The molecule has 2 aliphatic rings. The van der Waals surface area contributed by atoms with Crippen LogP contribution in [-0.4, -0.2) is 59.8 Å². The van der Waals surface area contributed by atoms with Gasteiger partial charge in [0.05, 0.1) is 30.4 Å². The Morgan fingerprint density at radius 1 is 1.14 bits per heavy atom. The summed E-state index contributed by atoms with van der Waals surface area (Å²) in [6.07, 6.45) is 6.44. The Kier molecular flexibility index (Phi) is 8.21. The second-order valence-electron chi connectivity index (χ2n) is 9.26. The number of carbonyl (C=O) groups excluding carboxylic acids is 1.